The molecule has 0 aliphatic carbocycles. The molecule has 0 bridgehead atoms. The van der Waals surface area contributed by atoms with Gasteiger partial charge in [-0.25, -0.2) is 10.2 Å². The van der Waals surface area contributed by atoms with Crippen molar-refractivity contribution < 1.29 is 14.7 Å². The minimum absolute atomic E-state index is 0.0205. The number of hydrogen-bond acceptors (Lipinski definition) is 4. The van der Waals surface area contributed by atoms with Gasteiger partial charge in [-0.05, 0) is 25.3 Å². The summed E-state index contributed by atoms with van der Waals surface area (Å²) in [5.74, 6) is 0.796. The molecule has 0 aromatic carbocycles. The van der Waals surface area contributed by atoms with Gasteiger partial charge in [0.2, 0.25) is 0 Å². The van der Waals surface area contributed by atoms with Crippen molar-refractivity contribution in [2.75, 3.05) is 0 Å². The van der Waals surface area contributed by atoms with Crippen LogP contribution in [0.3, 0.4) is 0 Å². The standard InChI is InChI=1S/C11H12N2O3S/c1-4-11(2,3)13-12-9(14)8-7(10(15)16)5-6-17-8/h1,5-6,13H,2-3H3,(H,12,14)(H,15,16). The van der Waals surface area contributed by atoms with Gasteiger partial charge in [0.1, 0.15) is 4.88 Å². The lowest BCUT2D eigenvalue weighted by atomic mass is 10.1. The molecule has 1 aromatic rings. The van der Waals surface area contributed by atoms with Crippen LogP contribution in [0.4, 0.5) is 0 Å². The third-order valence-corrected chi connectivity index (χ3v) is 2.86. The predicted molar refractivity (Wildman–Crippen MR) is 64.8 cm³/mol. The zero-order chi connectivity index (χ0) is 13.1. The summed E-state index contributed by atoms with van der Waals surface area (Å²) >= 11 is 1.06. The number of hydrogen-bond donors (Lipinski definition) is 3. The molecule has 5 nitrogen and oxygen atoms in total. The van der Waals surface area contributed by atoms with Crippen molar-refractivity contribution in [3.05, 3.63) is 21.9 Å². The molecular formula is C11H12N2O3S. The lowest BCUT2D eigenvalue weighted by molar-refractivity contribution is 0.0691. The number of carboxylic acid groups (broad SMARTS) is 1. The second-order valence-corrected chi connectivity index (χ2v) is 4.73. The first kappa shape index (κ1) is 13.2. The maximum Gasteiger partial charge on any atom is 0.337 e. The molecule has 0 fully saturated rings. The highest BCUT2D eigenvalue weighted by Gasteiger charge is 2.20. The normalized spacial score (nSPS) is 10.6. The molecule has 0 aliphatic heterocycles. The van der Waals surface area contributed by atoms with E-state index in [4.69, 9.17) is 11.5 Å². The Bertz CT molecular complexity index is 485. The number of rotatable bonds is 4. The molecule has 0 radical (unpaired) electrons. The number of nitrogens with one attached hydrogen (secondary N) is 2. The number of hydrazine groups is 1. The van der Waals surface area contributed by atoms with E-state index in [0.29, 0.717) is 0 Å². The van der Waals surface area contributed by atoms with Crippen molar-refractivity contribution in [2.24, 2.45) is 0 Å². The molecule has 1 heterocycles. The van der Waals surface area contributed by atoms with Gasteiger partial charge < -0.3 is 5.11 Å². The Labute approximate surface area is 103 Å². The van der Waals surface area contributed by atoms with Gasteiger partial charge in [0.25, 0.3) is 5.91 Å². The summed E-state index contributed by atoms with van der Waals surface area (Å²) in [7, 11) is 0. The second kappa shape index (κ2) is 4.99. The van der Waals surface area contributed by atoms with Crippen LogP contribution in [0.25, 0.3) is 0 Å². The van der Waals surface area contributed by atoms with Gasteiger partial charge in [0, 0.05) is 0 Å². The monoisotopic (exact) mass is 252 g/mol. The van der Waals surface area contributed by atoms with Gasteiger partial charge in [-0.15, -0.1) is 17.8 Å². The summed E-state index contributed by atoms with van der Waals surface area (Å²) in [4.78, 5) is 22.7. The fourth-order valence-electron chi connectivity index (χ4n) is 0.959. The molecule has 0 atom stereocenters. The zero-order valence-corrected chi connectivity index (χ0v) is 10.2. The number of amides is 1. The Hall–Kier alpha value is -1.84. The Morgan fingerprint density at radius 1 is 1.53 bits per heavy atom. The second-order valence-electron chi connectivity index (χ2n) is 3.82. The van der Waals surface area contributed by atoms with Gasteiger partial charge >= 0.3 is 5.97 Å². The number of carbonyl (C=O) groups is 2. The highest BCUT2D eigenvalue weighted by molar-refractivity contribution is 7.12. The van der Waals surface area contributed by atoms with Crippen LogP contribution in [0.2, 0.25) is 0 Å². The van der Waals surface area contributed by atoms with Crippen LogP contribution in [0.1, 0.15) is 33.9 Å². The molecule has 0 saturated carbocycles. The van der Waals surface area contributed by atoms with E-state index >= 15 is 0 Å². The van der Waals surface area contributed by atoms with Crippen LogP contribution in [0.5, 0.6) is 0 Å². The maximum atomic E-state index is 11.7. The quantitative estimate of drug-likeness (QED) is 0.553. The summed E-state index contributed by atoms with van der Waals surface area (Å²) in [5.41, 5.74) is 4.31. The van der Waals surface area contributed by atoms with Gasteiger partial charge in [-0.1, -0.05) is 5.92 Å². The van der Waals surface area contributed by atoms with Crippen molar-refractivity contribution >= 4 is 23.2 Å². The van der Waals surface area contributed by atoms with Crippen LogP contribution in [-0.2, 0) is 0 Å². The molecule has 1 rings (SSSR count). The van der Waals surface area contributed by atoms with Crippen molar-refractivity contribution in [3.8, 4) is 12.3 Å². The first-order valence-corrected chi connectivity index (χ1v) is 5.61. The Kier molecular flexibility index (Phi) is 3.89. The van der Waals surface area contributed by atoms with Crippen LogP contribution in [0.15, 0.2) is 11.4 Å². The van der Waals surface area contributed by atoms with Crippen LogP contribution in [-0.4, -0.2) is 22.5 Å². The van der Waals surface area contributed by atoms with Crippen molar-refractivity contribution in [2.45, 2.75) is 19.4 Å². The van der Waals surface area contributed by atoms with E-state index in [1.165, 1.54) is 6.07 Å². The van der Waals surface area contributed by atoms with Crippen LogP contribution >= 0.6 is 11.3 Å². The molecule has 1 aromatic heterocycles. The number of carbonyl (C=O) groups excluding carboxylic acids is 1. The summed E-state index contributed by atoms with van der Waals surface area (Å²) in [6.45, 7) is 3.42. The summed E-state index contributed by atoms with van der Waals surface area (Å²) in [6, 6.07) is 1.38. The number of terminal acetylenes is 1. The molecular weight excluding hydrogens is 240 g/mol. The highest BCUT2D eigenvalue weighted by atomic mass is 32.1. The van der Waals surface area contributed by atoms with Crippen LogP contribution < -0.4 is 10.9 Å². The number of thiophene rings is 1. The first-order valence-electron chi connectivity index (χ1n) is 4.73. The Balaban J connectivity index is 2.75. The number of carboxylic acids is 1. The summed E-state index contributed by atoms with van der Waals surface area (Å²) in [5, 5.41) is 10.4. The molecule has 3 N–H and O–H groups in total. The van der Waals surface area contributed by atoms with Gasteiger partial charge in [-0.3, -0.25) is 10.2 Å². The van der Waals surface area contributed by atoms with E-state index in [-0.39, 0.29) is 10.4 Å². The fourth-order valence-corrected chi connectivity index (χ4v) is 1.74. The van der Waals surface area contributed by atoms with E-state index in [1.807, 2.05) is 0 Å². The molecule has 0 unspecified atom stereocenters. The van der Waals surface area contributed by atoms with E-state index in [9.17, 15) is 9.59 Å². The smallest absolute Gasteiger partial charge is 0.337 e. The third kappa shape index (κ3) is 3.31. The van der Waals surface area contributed by atoms with Crippen molar-refractivity contribution in [1.29, 1.82) is 0 Å². The average molecular weight is 252 g/mol. The van der Waals surface area contributed by atoms with E-state index in [0.717, 1.165) is 11.3 Å². The molecule has 90 valence electrons. The Morgan fingerprint density at radius 3 is 2.71 bits per heavy atom. The topological polar surface area (TPSA) is 78.4 Å². The molecule has 1 amide bonds. The average Bonchev–Trinajstić information content (AvgIpc) is 2.75. The molecule has 17 heavy (non-hydrogen) atoms. The lowest BCUT2D eigenvalue weighted by Gasteiger charge is -2.19. The summed E-state index contributed by atoms with van der Waals surface area (Å²) in [6.07, 6.45) is 5.23. The highest BCUT2D eigenvalue weighted by Crippen LogP contribution is 2.16. The van der Waals surface area contributed by atoms with Gasteiger partial charge in [0.15, 0.2) is 0 Å². The number of aromatic carboxylic acids is 1. The predicted octanol–water partition coefficient (Wildman–Crippen LogP) is 1.09. The van der Waals surface area contributed by atoms with Gasteiger partial charge in [-0.2, -0.15) is 0 Å². The minimum Gasteiger partial charge on any atom is -0.478 e. The largest absolute Gasteiger partial charge is 0.478 e. The Morgan fingerprint density at radius 2 is 2.18 bits per heavy atom. The third-order valence-electron chi connectivity index (χ3n) is 1.95. The zero-order valence-electron chi connectivity index (χ0n) is 9.40. The minimum atomic E-state index is -1.13. The van der Waals surface area contributed by atoms with E-state index < -0.39 is 17.4 Å². The van der Waals surface area contributed by atoms with Crippen LogP contribution in [0, 0.1) is 12.3 Å². The van der Waals surface area contributed by atoms with Crippen molar-refractivity contribution in [3.63, 3.8) is 0 Å². The van der Waals surface area contributed by atoms with E-state index in [1.54, 1.807) is 19.2 Å². The summed E-state index contributed by atoms with van der Waals surface area (Å²) < 4.78 is 0. The SMILES string of the molecule is C#CC(C)(C)NNC(=O)c1sccc1C(=O)O. The van der Waals surface area contributed by atoms with Crippen molar-refractivity contribution in [1.82, 2.24) is 10.9 Å². The lowest BCUT2D eigenvalue weighted by Crippen LogP contribution is -2.49. The maximum absolute atomic E-state index is 11.7. The first-order chi connectivity index (χ1) is 7.87. The van der Waals surface area contributed by atoms with E-state index in [2.05, 4.69) is 16.8 Å². The molecule has 0 spiro atoms. The molecule has 6 heteroatoms. The van der Waals surface area contributed by atoms with Gasteiger partial charge in [0.05, 0.1) is 11.1 Å². The molecule has 0 aliphatic rings. The fraction of sp³-hybridized carbons (Fsp3) is 0.273. The molecule has 0 saturated heterocycles.